The number of ether oxygens (including phenoxy) is 2. The number of amides is 6. The molecule has 0 bridgehead atoms. The first-order valence-corrected chi connectivity index (χ1v) is 9.82. The number of nitrogens with one attached hydrogen (secondary N) is 2. The number of carbonyl (C=O) groups excluding carboxylic acids is 3. The highest BCUT2D eigenvalue weighted by molar-refractivity contribution is 6.01. The topological polar surface area (TPSA) is 129 Å². The second kappa shape index (κ2) is 10.4. The van der Waals surface area contributed by atoms with Crippen molar-refractivity contribution in [2.24, 2.45) is 0 Å². The van der Waals surface area contributed by atoms with Crippen LogP contribution in [0.4, 0.5) is 26.0 Å². The largest absolute Gasteiger partial charge is 0.456 e. The fourth-order valence-corrected chi connectivity index (χ4v) is 2.77. The Balaban J connectivity index is 1.56. The summed E-state index contributed by atoms with van der Waals surface area (Å²) < 4.78 is 10.7. The molecule has 0 aromatic carbocycles. The fourth-order valence-electron chi connectivity index (χ4n) is 2.77. The zero-order valence-corrected chi connectivity index (χ0v) is 18.1. The molecule has 0 unspecified atom stereocenters. The van der Waals surface area contributed by atoms with E-state index < -0.39 is 6.03 Å². The van der Waals surface area contributed by atoms with Crippen LogP contribution in [0, 0.1) is 0 Å². The number of imide groups is 1. The van der Waals surface area contributed by atoms with Gasteiger partial charge in [-0.1, -0.05) is 0 Å². The minimum Gasteiger partial charge on any atom is -0.456 e. The molecule has 2 aromatic rings. The van der Waals surface area contributed by atoms with Crippen LogP contribution in [0.5, 0.6) is 11.5 Å². The lowest BCUT2D eigenvalue weighted by Crippen LogP contribution is -2.39. The summed E-state index contributed by atoms with van der Waals surface area (Å²) in [7, 11) is 4.80. The highest BCUT2D eigenvalue weighted by Gasteiger charge is 2.32. The molecule has 2 N–H and O–H groups in total. The van der Waals surface area contributed by atoms with Gasteiger partial charge in [0.2, 0.25) is 0 Å². The lowest BCUT2D eigenvalue weighted by atomic mass is 10.4. The van der Waals surface area contributed by atoms with E-state index in [1.807, 2.05) is 0 Å². The molecule has 0 saturated carbocycles. The Kier molecular flexibility index (Phi) is 7.39. The number of pyridine rings is 2. The van der Waals surface area contributed by atoms with Crippen molar-refractivity contribution in [1.82, 2.24) is 24.7 Å². The molecular weight excluding hydrogens is 418 g/mol. The summed E-state index contributed by atoms with van der Waals surface area (Å²) in [5, 5.41) is 5.24. The first-order valence-electron chi connectivity index (χ1n) is 9.82. The maximum atomic E-state index is 12.4. The second-order valence-corrected chi connectivity index (χ2v) is 7.03. The van der Waals surface area contributed by atoms with Crippen molar-refractivity contribution in [3.8, 4) is 11.5 Å². The van der Waals surface area contributed by atoms with E-state index in [2.05, 4.69) is 20.6 Å². The molecule has 1 fully saturated rings. The minimum atomic E-state index is -0.550. The van der Waals surface area contributed by atoms with Gasteiger partial charge in [0.1, 0.15) is 23.1 Å². The number of aromatic nitrogens is 2. The summed E-state index contributed by atoms with van der Waals surface area (Å²) in [4.78, 5) is 48.7. The highest BCUT2D eigenvalue weighted by atomic mass is 16.5. The number of carbonyl (C=O) groups is 3. The van der Waals surface area contributed by atoms with Crippen LogP contribution in [-0.2, 0) is 4.74 Å². The first-order chi connectivity index (χ1) is 15.4. The van der Waals surface area contributed by atoms with Crippen LogP contribution >= 0.6 is 0 Å². The predicted molar refractivity (Wildman–Crippen MR) is 116 cm³/mol. The van der Waals surface area contributed by atoms with Crippen molar-refractivity contribution >= 4 is 29.7 Å². The molecule has 0 radical (unpaired) electrons. The first kappa shape index (κ1) is 22.7. The number of hydrogen-bond acceptors (Lipinski definition) is 7. The van der Waals surface area contributed by atoms with Crippen LogP contribution in [0.1, 0.15) is 0 Å². The summed E-state index contributed by atoms with van der Waals surface area (Å²) >= 11 is 0. The zero-order valence-electron chi connectivity index (χ0n) is 18.1. The normalized spacial score (nSPS) is 13.2. The van der Waals surface area contributed by atoms with E-state index in [-0.39, 0.29) is 17.9 Å². The third kappa shape index (κ3) is 5.82. The van der Waals surface area contributed by atoms with Crippen molar-refractivity contribution in [3.05, 3.63) is 36.7 Å². The van der Waals surface area contributed by atoms with Crippen molar-refractivity contribution in [2.75, 3.05) is 58.1 Å². The number of rotatable bonds is 7. The van der Waals surface area contributed by atoms with Gasteiger partial charge in [-0.15, -0.1) is 0 Å². The molecular formula is C20H25N7O5. The van der Waals surface area contributed by atoms with Gasteiger partial charge in [-0.25, -0.2) is 29.3 Å². The predicted octanol–water partition coefficient (Wildman–Crippen LogP) is 2.28. The molecule has 6 amide bonds. The Bertz CT molecular complexity index is 967. The smallest absolute Gasteiger partial charge is 0.331 e. The van der Waals surface area contributed by atoms with Gasteiger partial charge in [0.15, 0.2) is 0 Å². The summed E-state index contributed by atoms with van der Waals surface area (Å²) in [5.74, 6) is 1.49. The molecule has 0 spiro atoms. The summed E-state index contributed by atoms with van der Waals surface area (Å²) in [6.45, 7) is 1.59. The van der Waals surface area contributed by atoms with Crippen LogP contribution in [0.15, 0.2) is 36.7 Å². The van der Waals surface area contributed by atoms with E-state index in [9.17, 15) is 14.4 Å². The van der Waals surface area contributed by atoms with Crippen LogP contribution < -0.4 is 15.4 Å². The van der Waals surface area contributed by atoms with E-state index in [0.717, 1.165) is 4.90 Å². The lowest BCUT2D eigenvalue weighted by Gasteiger charge is -2.17. The standard InChI is InChI=1S/C20H25N7O5/c1-25(2)18(28)24-17-12-14(6-7-21-17)32-15-4-5-16(22-13-15)23-19(29)27-9-8-26(20(27)30)10-11-31-3/h4-7,12-13H,8-11H2,1-3H3,(H,21,24,28)(H,22,23,29). The summed E-state index contributed by atoms with van der Waals surface area (Å²) in [6, 6.07) is 5.17. The van der Waals surface area contributed by atoms with E-state index in [0.29, 0.717) is 43.6 Å². The molecule has 12 nitrogen and oxygen atoms in total. The number of nitrogens with zero attached hydrogens (tertiary/aromatic N) is 5. The van der Waals surface area contributed by atoms with Crippen molar-refractivity contribution < 1.29 is 23.9 Å². The third-order valence-corrected chi connectivity index (χ3v) is 4.49. The van der Waals surface area contributed by atoms with Gasteiger partial charge in [-0.05, 0) is 18.2 Å². The van der Waals surface area contributed by atoms with Gasteiger partial charge in [0, 0.05) is 53.1 Å². The van der Waals surface area contributed by atoms with Crippen LogP contribution in [-0.4, -0.2) is 90.2 Å². The zero-order chi connectivity index (χ0) is 23.1. The molecule has 0 atom stereocenters. The number of methoxy groups -OCH3 is 1. The number of anilines is 2. The molecule has 2 aromatic heterocycles. The molecule has 12 heteroatoms. The average Bonchev–Trinajstić information content (AvgIpc) is 3.14. The highest BCUT2D eigenvalue weighted by Crippen LogP contribution is 2.23. The lowest BCUT2D eigenvalue weighted by molar-refractivity contribution is 0.156. The Hall–Kier alpha value is -3.93. The van der Waals surface area contributed by atoms with Gasteiger partial charge in [0.25, 0.3) is 0 Å². The Labute approximate surface area is 185 Å². The Morgan fingerprint density at radius 1 is 1.09 bits per heavy atom. The average molecular weight is 443 g/mol. The quantitative estimate of drug-likeness (QED) is 0.671. The van der Waals surface area contributed by atoms with Crippen LogP contribution in [0.2, 0.25) is 0 Å². The summed E-state index contributed by atoms with van der Waals surface area (Å²) in [5.41, 5.74) is 0. The van der Waals surface area contributed by atoms with E-state index in [1.165, 1.54) is 17.3 Å². The molecule has 1 saturated heterocycles. The monoisotopic (exact) mass is 443 g/mol. The number of urea groups is 3. The van der Waals surface area contributed by atoms with Crippen molar-refractivity contribution in [1.29, 1.82) is 0 Å². The van der Waals surface area contributed by atoms with Crippen molar-refractivity contribution in [2.45, 2.75) is 0 Å². The van der Waals surface area contributed by atoms with Gasteiger partial charge in [-0.2, -0.15) is 0 Å². The van der Waals surface area contributed by atoms with Gasteiger partial charge in [0.05, 0.1) is 12.8 Å². The molecule has 3 heterocycles. The van der Waals surface area contributed by atoms with Crippen LogP contribution in [0.25, 0.3) is 0 Å². The minimum absolute atomic E-state index is 0.277. The van der Waals surface area contributed by atoms with E-state index in [4.69, 9.17) is 9.47 Å². The van der Waals surface area contributed by atoms with Gasteiger partial charge in [-0.3, -0.25) is 10.6 Å². The second-order valence-electron chi connectivity index (χ2n) is 7.03. The molecule has 1 aliphatic rings. The van der Waals surface area contributed by atoms with Crippen LogP contribution in [0.3, 0.4) is 0 Å². The fraction of sp³-hybridized carbons (Fsp3) is 0.350. The molecule has 170 valence electrons. The Morgan fingerprint density at radius 2 is 1.91 bits per heavy atom. The van der Waals surface area contributed by atoms with Crippen molar-refractivity contribution in [3.63, 3.8) is 0 Å². The van der Waals surface area contributed by atoms with Gasteiger partial charge < -0.3 is 19.3 Å². The third-order valence-electron chi connectivity index (χ3n) is 4.49. The Morgan fingerprint density at radius 3 is 2.59 bits per heavy atom. The molecule has 32 heavy (non-hydrogen) atoms. The summed E-state index contributed by atoms with van der Waals surface area (Å²) in [6.07, 6.45) is 2.94. The van der Waals surface area contributed by atoms with E-state index >= 15 is 0 Å². The SMILES string of the molecule is COCCN1CCN(C(=O)Nc2ccc(Oc3ccnc(NC(=O)N(C)C)c3)cn2)C1=O. The molecule has 3 rings (SSSR count). The van der Waals surface area contributed by atoms with Gasteiger partial charge >= 0.3 is 18.1 Å². The number of hydrogen-bond donors (Lipinski definition) is 2. The molecule has 1 aliphatic heterocycles. The molecule has 0 aliphatic carbocycles. The maximum Gasteiger partial charge on any atom is 0.331 e. The maximum absolute atomic E-state index is 12.4. The van der Waals surface area contributed by atoms with E-state index in [1.54, 1.807) is 50.4 Å².